The van der Waals surface area contributed by atoms with Crippen LogP contribution in [0.15, 0.2) is 85.2 Å². The largest absolute Gasteiger partial charge is 0.246 e. The van der Waals surface area contributed by atoms with Crippen LogP contribution in [0.25, 0.3) is 54.6 Å². The lowest BCUT2D eigenvalue weighted by Gasteiger charge is -2.16. The number of nitriles is 2. The average Bonchev–Trinajstić information content (AvgIpc) is 2.87. The Morgan fingerprint density at radius 3 is 1.41 bits per heavy atom. The molecule has 0 atom stereocenters. The molecule has 32 heavy (non-hydrogen) atoms. The van der Waals surface area contributed by atoms with Crippen molar-refractivity contribution in [3.05, 3.63) is 96.6 Å². The highest BCUT2D eigenvalue weighted by Crippen LogP contribution is 2.42. The molecule has 0 aliphatic rings. The fraction of sp³-hybridized carbons (Fsp3) is 0. The van der Waals surface area contributed by atoms with Gasteiger partial charge in [-0.3, -0.25) is 0 Å². The van der Waals surface area contributed by atoms with E-state index < -0.39 is 0 Å². The summed E-state index contributed by atoms with van der Waals surface area (Å²) < 4.78 is 0. The van der Waals surface area contributed by atoms with Crippen molar-refractivity contribution in [2.45, 2.75) is 0 Å². The van der Waals surface area contributed by atoms with Crippen LogP contribution in [0, 0.1) is 22.7 Å². The molecular formula is C28H14N4. The van der Waals surface area contributed by atoms with Gasteiger partial charge in [-0.25, -0.2) is 9.97 Å². The van der Waals surface area contributed by atoms with Gasteiger partial charge in [0.05, 0.1) is 0 Å². The minimum atomic E-state index is 0.404. The zero-order chi connectivity index (χ0) is 21.7. The average molecular weight is 406 g/mol. The lowest BCUT2D eigenvalue weighted by molar-refractivity contribution is 1.27. The zero-order valence-corrected chi connectivity index (χ0v) is 16.9. The molecule has 0 radical (unpaired) electrons. The molecule has 0 saturated heterocycles. The SMILES string of the molecule is N#Cc1cc(-c2ccc3ccc4c(-c5ccnc(C#N)c5)ccc5ccc2c3c54)ccn1. The second-order valence-electron chi connectivity index (χ2n) is 7.73. The molecule has 6 rings (SSSR count). The highest BCUT2D eigenvalue weighted by Gasteiger charge is 2.15. The van der Waals surface area contributed by atoms with Gasteiger partial charge in [0.25, 0.3) is 0 Å². The summed E-state index contributed by atoms with van der Waals surface area (Å²) in [6, 6.07) is 28.9. The van der Waals surface area contributed by atoms with Crippen molar-refractivity contribution in [2.24, 2.45) is 0 Å². The fourth-order valence-electron chi connectivity index (χ4n) is 4.62. The first-order valence-electron chi connectivity index (χ1n) is 10.2. The summed E-state index contributed by atoms with van der Waals surface area (Å²) >= 11 is 0. The lowest BCUT2D eigenvalue weighted by atomic mass is 9.87. The maximum absolute atomic E-state index is 9.28. The molecule has 0 N–H and O–H groups in total. The maximum Gasteiger partial charge on any atom is 0.141 e. The van der Waals surface area contributed by atoms with Gasteiger partial charge in [0.1, 0.15) is 23.5 Å². The molecular weight excluding hydrogens is 392 g/mol. The van der Waals surface area contributed by atoms with E-state index in [4.69, 9.17) is 0 Å². The van der Waals surface area contributed by atoms with Gasteiger partial charge < -0.3 is 0 Å². The second kappa shape index (κ2) is 6.87. The Bertz CT molecular complexity index is 1620. The molecule has 2 heterocycles. The summed E-state index contributed by atoms with van der Waals surface area (Å²) in [5.41, 5.74) is 4.91. The van der Waals surface area contributed by atoms with E-state index in [-0.39, 0.29) is 0 Å². The van der Waals surface area contributed by atoms with Crippen LogP contribution in [0.4, 0.5) is 0 Å². The monoisotopic (exact) mass is 406 g/mol. The number of rotatable bonds is 2. The summed E-state index contributed by atoms with van der Waals surface area (Å²) in [4.78, 5) is 8.23. The van der Waals surface area contributed by atoms with Crippen LogP contribution in [0.5, 0.6) is 0 Å². The van der Waals surface area contributed by atoms with Gasteiger partial charge in [-0.05, 0) is 78.8 Å². The van der Waals surface area contributed by atoms with Crippen molar-refractivity contribution >= 4 is 32.3 Å². The van der Waals surface area contributed by atoms with Gasteiger partial charge >= 0.3 is 0 Å². The first kappa shape index (κ1) is 18.0. The van der Waals surface area contributed by atoms with Crippen LogP contribution >= 0.6 is 0 Å². The highest BCUT2D eigenvalue weighted by molar-refractivity contribution is 6.27. The minimum Gasteiger partial charge on any atom is -0.246 e. The summed E-state index contributed by atoms with van der Waals surface area (Å²) in [5, 5.41) is 25.6. The van der Waals surface area contributed by atoms with E-state index in [9.17, 15) is 10.5 Å². The number of benzene rings is 4. The molecule has 146 valence electrons. The Morgan fingerprint density at radius 1 is 0.531 bits per heavy atom. The first-order valence-corrected chi connectivity index (χ1v) is 10.2. The molecule has 4 aromatic carbocycles. The summed E-state index contributed by atoms with van der Waals surface area (Å²) in [5.74, 6) is 0. The van der Waals surface area contributed by atoms with Crippen LogP contribution in [-0.4, -0.2) is 9.97 Å². The quantitative estimate of drug-likeness (QED) is 0.310. The van der Waals surface area contributed by atoms with Crippen molar-refractivity contribution in [1.82, 2.24) is 9.97 Å². The third-order valence-electron chi connectivity index (χ3n) is 6.04. The molecule has 4 heteroatoms. The molecule has 0 unspecified atom stereocenters. The Morgan fingerprint density at radius 2 is 0.969 bits per heavy atom. The number of nitrogens with zero attached hydrogens (tertiary/aromatic N) is 4. The van der Waals surface area contributed by atoms with E-state index >= 15 is 0 Å². The van der Waals surface area contributed by atoms with Crippen molar-refractivity contribution in [1.29, 1.82) is 10.5 Å². The van der Waals surface area contributed by atoms with E-state index in [2.05, 4.69) is 70.6 Å². The molecule has 0 saturated carbocycles. The third kappa shape index (κ3) is 2.61. The normalized spacial score (nSPS) is 11.1. The number of hydrogen-bond acceptors (Lipinski definition) is 4. The van der Waals surface area contributed by atoms with Crippen LogP contribution in [0.3, 0.4) is 0 Å². The predicted octanol–water partition coefficient (Wildman–Crippen LogP) is 6.45. The van der Waals surface area contributed by atoms with Crippen LogP contribution < -0.4 is 0 Å². The van der Waals surface area contributed by atoms with Crippen LogP contribution in [-0.2, 0) is 0 Å². The van der Waals surface area contributed by atoms with Crippen LogP contribution in [0.1, 0.15) is 11.4 Å². The molecule has 0 aliphatic heterocycles. The fourth-order valence-corrected chi connectivity index (χ4v) is 4.62. The number of pyridine rings is 2. The highest BCUT2D eigenvalue weighted by atomic mass is 14.7. The van der Waals surface area contributed by atoms with Crippen molar-refractivity contribution in [3.63, 3.8) is 0 Å². The molecule has 0 fully saturated rings. The summed E-state index contributed by atoms with van der Waals surface area (Å²) in [6.45, 7) is 0. The molecule has 0 amide bonds. The number of hydrogen-bond donors (Lipinski definition) is 0. The van der Waals surface area contributed by atoms with Crippen LogP contribution in [0.2, 0.25) is 0 Å². The van der Waals surface area contributed by atoms with Gasteiger partial charge in [-0.1, -0.05) is 48.5 Å². The molecule has 0 aliphatic carbocycles. The Balaban J connectivity index is 1.70. The molecule has 4 nitrogen and oxygen atoms in total. The van der Waals surface area contributed by atoms with E-state index in [1.165, 1.54) is 21.5 Å². The summed E-state index contributed by atoms with van der Waals surface area (Å²) in [7, 11) is 0. The number of aromatic nitrogens is 2. The van der Waals surface area contributed by atoms with Crippen molar-refractivity contribution in [2.75, 3.05) is 0 Å². The minimum absolute atomic E-state index is 0.404. The molecule has 2 aromatic heterocycles. The van der Waals surface area contributed by atoms with Gasteiger partial charge in [0, 0.05) is 12.4 Å². The summed E-state index contributed by atoms with van der Waals surface area (Å²) in [6.07, 6.45) is 3.36. The Labute approximate surface area is 184 Å². The standard InChI is InChI=1S/C28H14N4/c29-15-21-13-19(9-11-31-21)23-5-1-17-3-7-26-24(20-10-12-32-22(14-20)16-30)6-2-18-4-8-25(23)27(17)28(18)26/h1-14H. The Hall–Kier alpha value is -4.80. The van der Waals surface area contributed by atoms with E-state index in [1.807, 2.05) is 24.3 Å². The van der Waals surface area contributed by atoms with E-state index in [0.717, 1.165) is 33.0 Å². The lowest BCUT2D eigenvalue weighted by Crippen LogP contribution is -1.91. The van der Waals surface area contributed by atoms with Crippen molar-refractivity contribution in [3.8, 4) is 34.4 Å². The molecule has 0 bridgehead atoms. The Kier molecular flexibility index (Phi) is 3.87. The topological polar surface area (TPSA) is 73.4 Å². The van der Waals surface area contributed by atoms with Crippen molar-refractivity contribution < 1.29 is 0 Å². The van der Waals surface area contributed by atoms with E-state index in [1.54, 1.807) is 12.4 Å². The van der Waals surface area contributed by atoms with Gasteiger partial charge in [0.2, 0.25) is 0 Å². The molecule has 0 spiro atoms. The van der Waals surface area contributed by atoms with Gasteiger partial charge in [-0.2, -0.15) is 10.5 Å². The first-order chi connectivity index (χ1) is 15.8. The van der Waals surface area contributed by atoms with Gasteiger partial charge in [0.15, 0.2) is 0 Å². The van der Waals surface area contributed by atoms with E-state index in [0.29, 0.717) is 11.4 Å². The third-order valence-corrected chi connectivity index (χ3v) is 6.04. The smallest absolute Gasteiger partial charge is 0.141 e. The molecule has 6 aromatic rings. The zero-order valence-electron chi connectivity index (χ0n) is 16.9. The second-order valence-corrected chi connectivity index (χ2v) is 7.73. The maximum atomic E-state index is 9.28. The predicted molar refractivity (Wildman–Crippen MR) is 126 cm³/mol. The van der Waals surface area contributed by atoms with Gasteiger partial charge in [-0.15, -0.1) is 0 Å².